The molecule has 0 aromatic carbocycles. The van der Waals surface area contributed by atoms with Gasteiger partial charge in [-0.3, -0.25) is 9.59 Å². The Labute approximate surface area is 349 Å². The molecule has 3 N–H and O–H groups in total. The van der Waals surface area contributed by atoms with Crippen molar-refractivity contribution in [3.8, 4) is 0 Å². The van der Waals surface area contributed by atoms with E-state index in [2.05, 4.69) is 31.3 Å². The highest BCUT2D eigenvalue weighted by Crippen LogP contribution is 2.16. The van der Waals surface area contributed by atoms with Gasteiger partial charge in [-0.25, -0.2) is 0 Å². The van der Waals surface area contributed by atoms with Gasteiger partial charge < -0.3 is 20.3 Å². The quantitative estimate of drug-likeness (QED) is 0.0324. The van der Waals surface area contributed by atoms with Gasteiger partial charge in [0.05, 0.1) is 25.4 Å². The molecule has 56 heavy (non-hydrogen) atoms. The SMILES string of the molecule is CCCCCCCCC/C=C\CCCCCCCC(=O)OCCCCCCCCCCCCCCC(=O)NC(CO)C(O)CCCCCCCCCCCCC. The number of hydrogen-bond acceptors (Lipinski definition) is 5. The Hall–Kier alpha value is -1.40. The smallest absolute Gasteiger partial charge is 0.305 e. The van der Waals surface area contributed by atoms with Gasteiger partial charge in [0, 0.05) is 12.8 Å². The molecule has 1 amide bonds. The zero-order valence-corrected chi connectivity index (χ0v) is 37.6. The number of aliphatic hydroxyl groups is 2. The predicted molar refractivity (Wildman–Crippen MR) is 241 cm³/mol. The summed E-state index contributed by atoms with van der Waals surface area (Å²) in [6.45, 7) is 4.90. The van der Waals surface area contributed by atoms with Crippen molar-refractivity contribution in [3.05, 3.63) is 12.2 Å². The molecule has 0 rings (SSSR count). The van der Waals surface area contributed by atoms with E-state index in [4.69, 9.17) is 4.74 Å². The average molecular weight is 792 g/mol. The van der Waals surface area contributed by atoms with Gasteiger partial charge >= 0.3 is 5.97 Å². The molecule has 0 saturated carbocycles. The van der Waals surface area contributed by atoms with Gasteiger partial charge in [0.2, 0.25) is 5.91 Å². The molecule has 0 aromatic heterocycles. The second-order valence-electron chi connectivity index (χ2n) is 17.1. The predicted octanol–water partition coefficient (Wildman–Crippen LogP) is 14.6. The first-order valence-corrected chi connectivity index (χ1v) is 24.9. The molecule has 0 heterocycles. The van der Waals surface area contributed by atoms with Crippen LogP contribution < -0.4 is 5.32 Å². The Kier molecular flexibility index (Phi) is 45.1. The van der Waals surface area contributed by atoms with E-state index in [0.717, 1.165) is 57.8 Å². The number of amides is 1. The maximum atomic E-state index is 12.4. The van der Waals surface area contributed by atoms with Crippen LogP contribution in [0.4, 0.5) is 0 Å². The van der Waals surface area contributed by atoms with Crippen molar-refractivity contribution in [2.75, 3.05) is 13.2 Å². The number of aliphatic hydroxyl groups excluding tert-OH is 2. The first-order valence-electron chi connectivity index (χ1n) is 24.9. The lowest BCUT2D eigenvalue weighted by atomic mass is 10.0. The summed E-state index contributed by atoms with van der Waals surface area (Å²) in [6, 6.07) is -0.551. The van der Waals surface area contributed by atoms with Crippen molar-refractivity contribution in [2.24, 2.45) is 0 Å². The minimum Gasteiger partial charge on any atom is -0.466 e. The lowest BCUT2D eigenvalue weighted by Gasteiger charge is -2.22. The summed E-state index contributed by atoms with van der Waals surface area (Å²) in [5, 5.41) is 23.1. The van der Waals surface area contributed by atoms with Crippen molar-refractivity contribution >= 4 is 11.9 Å². The summed E-state index contributed by atoms with van der Waals surface area (Å²) in [5.74, 6) is -0.0685. The fraction of sp³-hybridized carbons (Fsp3) is 0.920. The Balaban J connectivity index is 3.44. The maximum Gasteiger partial charge on any atom is 0.305 e. The molecule has 0 aliphatic rings. The lowest BCUT2D eigenvalue weighted by molar-refractivity contribution is -0.143. The molecular formula is C50H97NO5. The third-order valence-electron chi connectivity index (χ3n) is 11.6. The summed E-state index contributed by atoms with van der Waals surface area (Å²) >= 11 is 0. The molecule has 0 saturated heterocycles. The molecule has 6 nitrogen and oxygen atoms in total. The van der Waals surface area contributed by atoms with Gasteiger partial charge in [0.25, 0.3) is 0 Å². The topological polar surface area (TPSA) is 95.9 Å². The molecule has 6 heteroatoms. The van der Waals surface area contributed by atoms with Crippen LogP contribution in [0.1, 0.15) is 271 Å². The van der Waals surface area contributed by atoms with E-state index in [-0.39, 0.29) is 18.5 Å². The van der Waals surface area contributed by atoms with Gasteiger partial charge in [0.1, 0.15) is 0 Å². The van der Waals surface area contributed by atoms with Crippen LogP contribution in [-0.4, -0.2) is 47.4 Å². The fourth-order valence-electron chi connectivity index (χ4n) is 7.69. The minimum atomic E-state index is -0.672. The Morgan fingerprint density at radius 3 is 1.27 bits per heavy atom. The van der Waals surface area contributed by atoms with Crippen molar-refractivity contribution in [1.82, 2.24) is 5.32 Å². The number of unbranched alkanes of at least 4 members (excludes halogenated alkanes) is 33. The molecular weight excluding hydrogens is 695 g/mol. The number of rotatable bonds is 46. The van der Waals surface area contributed by atoms with Crippen molar-refractivity contribution < 1.29 is 24.5 Å². The van der Waals surface area contributed by atoms with E-state index < -0.39 is 12.1 Å². The molecule has 0 fully saturated rings. The molecule has 0 radical (unpaired) electrons. The van der Waals surface area contributed by atoms with E-state index in [1.165, 1.54) is 180 Å². The van der Waals surface area contributed by atoms with E-state index in [0.29, 0.717) is 25.9 Å². The van der Waals surface area contributed by atoms with Gasteiger partial charge in [-0.05, 0) is 51.4 Å². The molecule has 0 bridgehead atoms. The highest BCUT2D eigenvalue weighted by atomic mass is 16.5. The second-order valence-corrected chi connectivity index (χ2v) is 17.1. The zero-order chi connectivity index (χ0) is 40.8. The third kappa shape index (κ3) is 42.2. The molecule has 0 aliphatic carbocycles. The zero-order valence-electron chi connectivity index (χ0n) is 37.6. The first kappa shape index (κ1) is 54.6. The van der Waals surface area contributed by atoms with Crippen LogP contribution in [0.25, 0.3) is 0 Å². The summed E-state index contributed by atoms with van der Waals surface area (Å²) in [6.07, 6.45) is 51.7. The standard InChI is InChI=1S/C50H97NO5/c1-3-5-7-9-11-13-15-16-17-18-19-24-28-32-36-40-44-50(55)56-45-41-37-33-29-25-21-20-23-27-31-35-39-43-49(54)51-47(46-52)48(53)42-38-34-30-26-22-14-12-10-8-6-4-2/h17-18,47-48,52-53H,3-16,19-46H2,1-2H3,(H,51,54)/b18-17-. The number of ether oxygens (including phenoxy) is 1. The first-order chi connectivity index (χ1) is 27.5. The van der Waals surface area contributed by atoms with Crippen molar-refractivity contribution in [3.63, 3.8) is 0 Å². The third-order valence-corrected chi connectivity index (χ3v) is 11.6. The summed E-state index contributed by atoms with van der Waals surface area (Å²) in [5.41, 5.74) is 0. The van der Waals surface area contributed by atoms with Gasteiger partial charge in [-0.1, -0.05) is 219 Å². The van der Waals surface area contributed by atoms with Crippen LogP contribution in [0.2, 0.25) is 0 Å². The molecule has 0 spiro atoms. The van der Waals surface area contributed by atoms with Crippen LogP contribution in [0.5, 0.6) is 0 Å². The second kappa shape index (κ2) is 46.3. The van der Waals surface area contributed by atoms with Crippen LogP contribution >= 0.6 is 0 Å². The van der Waals surface area contributed by atoms with E-state index in [9.17, 15) is 19.8 Å². The number of allylic oxidation sites excluding steroid dienone is 2. The molecule has 0 aromatic rings. The Bertz CT molecular complexity index is 832. The largest absolute Gasteiger partial charge is 0.466 e. The van der Waals surface area contributed by atoms with Crippen molar-refractivity contribution in [1.29, 1.82) is 0 Å². The normalized spacial score (nSPS) is 12.7. The van der Waals surface area contributed by atoms with E-state index in [1.54, 1.807) is 0 Å². The number of nitrogens with one attached hydrogen (secondary N) is 1. The van der Waals surface area contributed by atoms with Crippen molar-refractivity contribution in [2.45, 2.75) is 283 Å². The minimum absolute atomic E-state index is 0.0167. The van der Waals surface area contributed by atoms with Crippen LogP contribution in [0.15, 0.2) is 12.2 Å². The van der Waals surface area contributed by atoms with Crippen LogP contribution in [0, 0.1) is 0 Å². The van der Waals surface area contributed by atoms with E-state index >= 15 is 0 Å². The summed E-state index contributed by atoms with van der Waals surface area (Å²) < 4.78 is 5.46. The van der Waals surface area contributed by atoms with Gasteiger partial charge in [-0.15, -0.1) is 0 Å². The van der Waals surface area contributed by atoms with Gasteiger partial charge in [-0.2, -0.15) is 0 Å². The number of esters is 1. The van der Waals surface area contributed by atoms with E-state index in [1.807, 2.05) is 0 Å². The summed E-state index contributed by atoms with van der Waals surface area (Å²) in [4.78, 5) is 24.4. The molecule has 0 aliphatic heterocycles. The van der Waals surface area contributed by atoms with Crippen LogP contribution in [0.3, 0.4) is 0 Å². The number of carbonyl (C=O) groups excluding carboxylic acids is 2. The molecule has 2 unspecified atom stereocenters. The summed E-state index contributed by atoms with van der Waals surface area (Å²) in [7, 11) is 0. The highest BCUT2D eigenvalue weighted by molar-refractivity contribution is 5.76. The Morgan fingerprint density at radius 1 is 0.482 bits per heavy atom. The lowest BCUT2D eigenvalue weighted by Crippen LogP contribution is -2.45. The monoisotopic (exact) mass is 792 g/mol. The fourth-order valence-corrected chi connectivity index (χ4v) is 7.69. The number of hydrogen-bond donors (Lipinski definition) is 3. The van der Waals surface area contributed by atoms with Gasteiger partial charge in [0.15, 0.2) is 0 Å². The average Bonchev–Trinajstić information content (AvgIpc) is 3.20. The molecule has 332 valence electrons. The Morgan fingerprint density at radius 2 is 0.839 bits per heavy atom. The van der Waals surface area contributed by atoms with Crippen LogP contribution in [-0.2, 0) is 14.3 Å². The maximum absolute atomic E-state index is 12.4. The molecule has 2 atom stereocenters. The number of carbonyl (C=O) groups is 2. The highest BCUT2D eigenvalue weighted by Gasteiger charge is 2.20.